The van der Waals surface area contributed by atoms with Gasteiger partial charge in [0.2, 0.25) is 0 Å². The Balaban J connectivity index is 1.35. The number of pyridine rings is 2. The Bertz CT molecular complexity index is 1300. The zero-order chi connectivity index (χ0) is 22.4. The van der Waals surface area contributed by atoms with Gasteiger partial charge in [0.1, 0.15) is 17.0 Å². The maximum atomic E-state index is 6.11. The quantitative estimate of drug-likeness (QED) is 0.465. The number of rotatable bonds is 7. The molecule has 170 valence electrons. The molecular formula is C26H30N6O. The molecule has 4 aromatic rings. The molecule has 2 fully saturated rings. The van der Waals surface area contributed by atoms with E-state index >= 15 is 0 Å². The Labute approximate surface area is 193 Å². The average Bonchev–Trinajstić information content (AvgIpc) is 3.39. The zero-order valence-electron chi connectivity index (χ0n) is 19.0. The monoisotopic (exact) mass is 442 g/mol. The van der Waals surface area contributed by atoms with Crippen molar-refractivity contribution in [3.63, 3.8) is 0 Å². The first-order valence-electron chi connectivity index (χ1n) is 12.0. The van der Waals surface area contributed by atoms with Gasteiger partial charge >= 0.3 is 0 Å². The summed E-state index contributed by atoms with van der Waals surface area (Å²) in [7, 11) is 0. The Morgan fingerprint density at radius 1 is 1.06 bits per heavy atom. The Hall–Kier alpha value is -3.03. The maximum absolute atomic E-state index is 6.11. The second-order valence-electron chi connectivity index (χ2n) is 9.55. The fraction of sp³-hybridized carbons (Fsp3) is 0.423. The molecule has 1 saturated carbocycles. The second kappa shape index (κ2) is 8.39. The molecule has 2 atom stereocenters. The molecule has 2 N–H and O–H groups in total. The van der Waals surface area contributed by atoms with Crippen LogP contribution in [0.2, 0.25) is 0 Å². The van der Waals surface area contributed by atoms with Gasteiger partial charge in [0, 0.05) is 24.2 Å². The van der Waals surface area contributed by atoms with Crippen molar-refractivity contribution in [2.45, 2.75) is 32.2 Å². The van der Waals surface area contributed by atoms with Gasteiger partial charge in [-0.25, -0.2) is 4.98 Å². The van der Waals surface area contributed by atoms with Crippen molar-refractivity contribution in [3.8, 4) is 17.3 Å². The summed E-state index contributed by atoms with van der Waals surface area (Å²) in [6.07, 6.45) is 5.86. The van der Waals surface area contributed by atoms with Gasteiger partial charge in [0.15, 0.2) is 11.5 Å². The fourth-order valence-electron chi connectivity index (χ4n) is 4.80. The Kier molecular flexibility index (Phi) is 5.23. The largest absolute Gasteiger partial charge is 0.491 e. The van der Waals surface area contributed by atoms with E-state index in [1.54, 1.807) is 0 Å². The van der Waals surface area contributed by atoms with Crippen LogP contribution in [0.5, 0.6) is 5.75 Å². The summed E-state index contributed by atoms with van der Waals surface area (Å²) >= 11 is 0. The van der Waals surface area contributed by atoms with Crippen LogP contribution in [-0.4, -0.2) is 50.7 Å². The molecule has 1 aliphatic carbocycles. The first kappa shape index (κ1) is 20.6. The molecule has 3 aromatic heterocycles. The molecule has 0 amide bonds. The number of benzene rings is 1. The standard InChI is InChI=1S/C26H30N6O/c1-17(31-12-11-19(13-27)14-31)21-8-10-24-29-30-26(32(24)15-21)22-9-7-20-3-2-4-23(25(20)28-22)33-16-18-5-6-18/h2-4,7-10,15,17-19H,5-6,11-14,16,27H2,1H3/t17?,19-/m1/s1. The number of nitrogens with two attached hydrogens (primary N) is 1. The molecule has 1 aliphatic heterocycles. The third kappa shape index (κ3) is 3.96. The number of para-hydroxylation sites is 1. The van der Waals surface area contributed by atoms with Crippen molar-refractivity contribution in [2.24, 2.45) is 17.6 Å². The Morgan fingerprint density at radius 3 is 2.79 bits per heavy atom. The molecule has 0 radical (unpaired) electrons. The lowest BCUT2D eigenvalue weighted by atomic mass is 10.1. The highest BCUT2D eigenvalue weighted by Crippen LogP contribution is 2.33. The molecule has 1 saturated heterocycles. The molecule has 4 heterocycles. The SMILES string of the molecule is CC(c1ccc2nnc(-c3ccc4cccc(OCC5CC5)c4n3)n2c1)N1CC[C@H](CN)C1. The maximum Gasteiger partial charge on any atom is 0.187 e. The number of hydrogen-bond donors (Lipinski definition) is 1. The molecule has 1 aromatic carbocycles. The van der Waals surface area contributed by atoms with Gasteiger partial charge in [-0.3, -0.25) is 9.30 Å². The van der Waals surface area contributed by atoms with Gasteiger partial charge < -0.3 is 10.5 Å². The highest BCUT2D eigenvalue weighted by Gasteiger charge is 2.26. The highest BCUT2D eigenvalue weighted by molar-refractivity contribution is 5.86. The lowest BCUT2D eigenvalue weighted by Crippen LogP contribution is -2.26. The summed E-state index contributed by atoms with van der Waals surface area (Å²) in [5.74, 6) is 2.88. The highest BCUT2D eigenvalue weighted by atomic mass is 16.5. The lowest BCUT2D eigenvalue weighted by Gasteiger charge is -2.24. The smallest absolute Gasteiger partial charge is 0.187 e. The number of ether oxygens (including phenoxy) is 1. The minimum atomic E-state index is 0.313. The normalized spacial score (nSPS) is 20.0. The van der Waals surface area contributed by atoms with E-state index in [0.29, 0.717) is 17.9 Å². The first-order chi connectivity index (χ1) is 16.2. The van der Waals surface area contributed by atoms with Crippen LogP contribution in [0.1, 0.15) is 37.8 Å². The van der Waals surface area contributed by atoms with E-state index in [4.69, 9.17) is 15.5 Å². The number of hydrogen-bond acceptors (Lipinski definition) is 6. The van der Waals surface area contributed by atoms with Gasteiger partial charge in [0.05, 0.1) is 6.61 Å². The minimum absolute atomic E-state index is 0.313. The molecule has 0 bridgehead atoms. The van der Waals surface area contributed by atoms with E-state index in [-0.39, 0.29) is 0 Å². The number of likely N-dealkylation sites (tertiary alicyclic amines) is 1. The Morgan fingerprint density at radius 2 is 1.97 bits per heavy atom. The number of nitrogens with zero attached hydrogens (tertiary/aromatic N) is 5. The molecule has 2 aliphatic rings. The topological polar surface area (TPSA) is 81.6 Å². The van der Waals surface area contributed by atoms with Crippen molar-refractivity contribution in [1.82, 2.24) is 24.5 Å². The fourth-order valence-corrected chi connectivity index (χ4v) is 4.80. The van der Waals surface area contributed by atoms with Crippen LogP contribution in [0.15, 0.2) is 48.7 Å². The average molecular weight is 443 g/mol. The molecular weight excluding hydrogens is 412 g/mol. The van der Waals surface area contributed by atoms with Gasteiger partial charge in [0.25, 0.3) is 0 Å². The summed E-state index contributed by atoms with van der Waals surface area (Å²) in [5, 5.41) is 9.96. The molecule has 6 rings (SSSR count). The summed E-state index contributed by atoms with van der Waals surface area (Å²) in [4.78, 5) is 7.48. The van der Waals surface area contributed by atoms with Crippen LogP contribution in [0.25, 0.3) is 28.1 Å². The number of fused-ring (bicyclic) bond motifs is 2. The van der Waals surface area contributed by atoms with Crippen molar-refractivity contribution >= 4 is 16.6 Å². The molecule has 7 heteroatoms. The first-order valence-corrected chi connectivity index (χ1v) is 12.0. The van der Waals surface area contributed by atoms with Crippen molar-refractivity contribution in [2.75, 3.05) is 26.2 Å². The van der Waals surface area contributed by atoms with Crippen molar-refractivity contribution in [1.29, 1.82) is 0 Å². The molecule has 0 spiro atoms. The zero-order valence-corrected chi connectivity index (χ0v) is 19.0. The van der Waals surface area contributed by atoms with Crippen molar-refractivity contribution < 1.29 is 4.74 Å². The van der Waals surface area contributed by atoms with Gasteiger partial charge in [-0.05, 0) is 74.9 Å². The lowest BCUT2D eigenvalue weighted by molar-refractivity contribution is 0.253. The van der Waals surface area contributed by atoms with Crippen LogP contribution in [0.3, 0.4) is 0 Å². The van der Waals surface area contributed by atoms with E-state index in [0.717, 1.165) is 60.1 Å². The van der Waals surface area contributed by atoms with Crippen LogP contribution >= 0.6 is 0 Å². The van der Waals surface area contributed by atoms with Crippen LogP contribution in [-0.2, 0) is 0 Å². The van der Waals surface area contributed by atoms with Crippen LogP contribution in [0.4, 0.5) is 0 Å². The van der Waals surface area contributed by atoms with E-state index in [1.165, 1.54) is 24.8 Å². The van der Waals surface area contributed by atoms with Gasteiger partial charge in [-0.15, -0.1) is 10.2 Å². The predicted molar refractivity (Wildman–Crippen MR) is 129 cm³/mol. The molecule has 1 unspecified atom stereocenters. The summed E-state index contributed by atoms with van der Waals surface area (Å²) < 4.78 is 8.17. The predicted octanol–water partition coefficient (Wildman–Crippen LogP) is 4.07. The van der Waals surface area contributed by atoms with Crippen LogP contribution < -0.4 is 10.5 Å². The van der Waals surface area contributed by atoms with E-state index < -0.39 is 0 Å². The number of aromatic nitrogens is 4. The van der Waals surface area contributed by atoms with Crippen LogP contribution in [0, 0.1) is 11.8 Å². The minimum Gasteiger partial charge on any atom is -0.491 e. The third-order valence-corrected chi connectivity index (χ3v) is 7.19. The van der Waals surface area contributed by atoms with Gasteiger partial charge in [-0.2, -0.15) is 0 Å². The van der Waals surface area contributed by atoms with E-state index in [2.05, 4.69) is 50.8 Å². The van der Waals surface area contributed by atoms with E-state index in [9.17, 15) is 0 Å². The van der Waals surface area contributed by atoms with Gasteiger partial charge in [-0.1, -0.05) is 24.3 Å². The van der Waals surface area contributed by atoms with E-state index in [1.807, 2.05) is 24.3 Å². The molecule has 7 nitrogen and oxygen atoms in total. The summed E-state index contributed by atoms with van der Waals surface area (Å²) in [6.45, 7) is 5.94. The van der Waals surface area contributed by atoms with Crippen molar-refractivity contribution in [3.05, 3.63) is 54.2 Å². The summed E-state index contributed by atoms with van der Waals surface area (Å²) in [6, 6.07) is 14.7. The molecule has 33 heavy (non-hydrogen) atoms. The second-order valence-corrected chi connectivity index (χ2v) is 9.55. The third-order valence-electron chi connectivity index (χ3n) is 7.19. The summed E-state index contributed by atoms with van der Waals surface area (Å²) in [5.41, 5.74) is 9.65.